The summed E-state index contributed by atoms with van der Waals surface area (Å²) in [5.74, 6) is 0.818. The Hall–Kier alpha value is -2.78. The molecule has 0 bridgehead atoms. The summed E-state index contributed by atoms with van der Waals surface area (Å²) in [6, 6.07) is 28.2. The predicted molar refractivity (Wildman–Crippen MR) is 111 cm³/mol. The number of hydrogen-bond acceptors (Lipinski definition) is 3. The van der Waals surface area contributed by atoms with Crippen LogP contribution < -0.4 is 4.74 Å². The summed E-state index contributed by atoms with van der Waals surface area (Å²) < 4.78 is 5.82. The highest BCUT2D eigenvalue weighted by molar-refractivity contribution is 8.14. The second-order valence-electron chi connectivity index (χ2n) is 5.90. The molecule has 3 heteroatoms. The van der Waals surface area contributed by atoms with E-state index < -0.39 is 0 Å². The van der Waals surface area contributed by atoms with Gasteiger partial charge in [-0.15, -0.1) is 0 Å². The quantitative estimate of drug-likeness (QED) is 0.216. The summed E-state index contributed by atoms with van der Waals surface area (Å²) in [6.07, 6.45) is 1.77. The van der Waals surface area contributed by atoms with Crippen LogP contribution in [0.25, 0.3) is 0 Å². The second kappa shape index (κ2) is 9.07. The van der Waals surface area contributed by atoms with Crippen LogP contribution in [0.15, 0.2) is 107 Å². The third-order valence-electron chi connectivity index (χ3n) is 3.67. The molecule has 0 aliphatic heterocycles. The van der Waals surface area contributed by atoms with E-state index in [9.17, 15) is 0 Å². The van der Waals surface area contributed by atoms with Crippen LogP contribution in [-0.2, 0) is 0 Å². The molecule has 0 spiro atoms. The number of aryl methyl sites for hydroxylation is 1. The molecule has 0 radical (unpaired) electrons. The zero-order chi connectivity index (χ0) is 18.2. The van der Waals surface area contributed by atoms with Gasteiger partial charge < -0.3 is 4.74 Å². The standard InChI is InChI=1S/C23H21NOS/c1-18-13-15-21(16-14-18)25-17-19(2)23(24-20-9-5-3-6-10-20)26-22-11-7-4-8-12-22/h3-17H,1-2H3. The first-order chi connectivity index (χ1) is 12.7. The normalized spacial score (nSPS) is 12.1. The lowest BCUT2D eigenvalue weighted by atomic mass is 10.2. The molecule has 0 saturated heterocycles. The number of rotatable bonds is 5. The number of benzene rings is 3. The molecule has 0 saturated carbocycles. The van der Waals surface area contributed by atoms with Crippen molar-refractivity contribution in [2.75, 3.05) is 0 Å². The minimum atomic E-state index is 0.818. The van der Waals surface area contributed by atoms with Crippen LogP contribution in [-0.4, -0.2) is 5.04 Å². The minimum Gasteiger partial charge on any atom is -0.465 e. The fourth-order valence-corrected chi connectivity index (χ4v) is 3.11. The van der Waals surface area contributed by atoms with Crippen molar-refractivity contribution in [3.63, 3.8) is 0 Å². The zero-order valence-electron chi connectivity index (χ0n) is 14.9. The third-order valence-corrected chi connectivity index (χ3v) is 4.79. The van der Waals surface area contributed by atoms with E-state index in [1.165, 1.54) is 5.56 Å². The molecule has 0 heterocycles. The number of thioether (sulfide) groups is 1. The first kappa shape index (κ1) is 18.0. The molecule has 0 N–H and O–H groups in total. The highest BCUT2D eigenvalue weighted by Gasteiger charge is 2.07. The molecule has 0 atom stereocenters. The van der Waals surface area contributed by atoms with Gasteiger partial charge in [0.25, 0.3) is 0 Å². The van der Waals surface area contributed by atoms with Crippen molar-refractivity contribution < 1.29 is 4.74 Å². The molecule has 0 amide bonds. The van der Waals surface area contributed by atoms with Gasteiger partial charge in [-0.1, -0.05) is 65.9 Å². The summed E-state index contributed by atoms with van der Waals surface area (Å²) in [5.41, 5.74) is 3.11. The molecule has 2 nitrogen and oxygen atoms in total. The van der Waals surface area contributed by atoms with Crippen LogP contribution in [0.5, 0.6) is 5.75 Å². The summed E-state index contributed by atoms with van der Waals surface area (Å²) in [5, 5.41) is 0.912. The Morgan fingerprint density at radius 1 is 0.846 bits per heavy atom. The summed E-state index contributed by atoms with van der Waals surface area (Å²) in [7, 11) is 0. The van der Waals surface area contributed by atoms with Crippen molar-refractivity contribution in [2.45, 2.75) is 18.7 Å². The van der Waals surface area contributed by atoms with E-state index in [-0.39, 0.29) is 0 Å². The van der Waals surface area contributed by atoms with Gasteiger partial charge in [-0.05, 0) is 50.2 Å². The van der Waals surface area contributed by atoms with Gasteiger partial charge in [0.05, 0.1) is 11.9 Å². The number of aliphatic imine (C=N–C) groups is 1. The lowest BCUT2D eigenvalue weighted by molar-refractivity contribution is 0.478. The smallest absolute Gasteiger partial charge is 0.126 e. The van der Waals surface area contributed by atoms with Gasteiger partial charge in [0.1, 0.15) is 10.8 Å². The average molecular weight is 359 g/mol. The fraction of sp³-hybridized carbons (Fsp3) is 0.0870. The number of ether oxygens (including phenoxy) is 1. The Balaban J connectivity index is 1.85. The van der Waals surface area contributed by atoms with Crippen LogP contribution in [0.2, 0.25) is 0 Å². The molecule has 3 rings (SSSR count). The maximum absolute atomic E-state index is 5.82. The van der Waals surface area contributed by atoms with Crippen molar-refractivity contribution in [3.05, 3.63) is 102 Å². The van der Waals surface area contributed by atoms with Crippen LogP contribution in [0.4, 0.5) is 5.69 Å². The van der Waals surface area contributed by atoms with E-state index in [0.29, 0.717) is 0 Å². The largest absolute Gasteiger partial charge is 0.465 e. The highest BCUT2D eigenvalue weighted by atomic mass is 32.2. The van der Waals surface area contributed by atoms with Crippen molar-refractivity contribution in [2.24, 2.45) is 4.99 Å². The molecule has 26 heavy (non-hydrogen) atoms. The van der Waals surface area contributed by atoms with Gasteiger partial charge in [0.2, 0.25) is 0 Å². The molecular formula is C23H21NOS. The van der Waals surface area contributed by atoms with Crippen molar-refractivity contribution in [3.8, 4) is 5.75 Å². The van der Waals surface area contributed by atoms with Crippen LogP contribution in [0.3, 0.4) is 0 Å². The Labute approximate surface area is 159 Å². The van der Waals surface area contributed by atoms with E-state index in [1.54, 1.807) is 18.0 Å². The van der Waals surface area contributed by atoms with Gasteiger partial charge >= 0.3 is 0 Å². The van der Waals surface area contributed by atoms with E-state index >= 15 is 0 Å². The summed E-state index contributed by atoms with van der Waals surface area (Å²) >= 11 is 1.63. The average Bonchev–Trinajstić information content (AvgIpc) is 2.68. The van der Waals surface area contributed by atoms with Gasteiger partial charge in [-0.3, -0.25) is 0 Å². The molecular weight excluding hydrogens is 338 g/mol. The van der Waals surface area contributed by atoms with Crippen LogP contribution in [0.1, 0.15) is 12.5 Å². The Morgan fingerprint density at radius 3 is 2.12 bits per heavy atom. The topological polar surface area (TPSA) is 21.6 Å². The van der Waals surface area contributed by atoms with E-state index in [1.807, 2.05) is 79.7 Å². The maximum Gasteiger partial charge on any atom is 0.126 e. The molecule has 0 unspecified atom stereocenters. The third kappa shape index (κ3) is 5.36. The molecule has 0 fully saturated rings. The maximum atomic E-state index is 5.82. The van der Waals surface area contributed by atoms with Crippen LogP contribution >= 0.6 is 11.8 Å². The Kier molecular flexibility index (Phi) is 6.29. The summed E-state index contributed by atoms with van der Waals surface area (Å²) in [6.45, 7) is 4.08. The number of para-hydroxylation sites is 1. The van der Waals surface area contributed by atoms with Crippen LogP contribution in [0, 0.1) is 6.92 Å². The zero-order valence-corrected chi connectivity index (χ0v) is 15.7. The van der Waals surface area contributed by atoms with Gasteiger partial charge in [0.15, 0.2) is 0 Å². The Bertz CT molecular complexity index is 885. The lowest BCUT2D eigenvalue weighted by Crippen LogP contribution is -1.97. The minimum absolute atomic E-state index is 0.818. The first-order valence-corrected chi connectivity index (χ1v) is 9.29. The van der Waals surface area contributed by atoms with E-state index in [4.69, 9.17) is 9.73 Å². The number of hydrogen-bond donors (Lipinski definition) is 0. The van der Waals surface area contributed by atoms with Crippen molar-refractivity contribution >= 4 is 22.5 Å². The van der Waals surface area contributed by atoms with Crippen molar-refractivity contribution in [1.29, 1.82) is 0 Å². The molecule has 0 aromatic heterocycles. The Morgan fingerprint density at radius 2 is 1.46 bits per heavy atom. The molecule has 0 aliphatic carbocycles. The SMILES string of the molecule is CC(=COc1ccc(C)cc1)C(=Nc1ccccc1)Sc1ccccc1. The number of nitrogens with zero attached hydrogens (tertiary/aromatic N) is 1. The lowest BCUT2D eigenvalue weighted by Gasteiger charge is -2.08. The van der Waals surface area contributed by atoms with Crippen molar-refractivity contribution in [1.82, 2.24) is 0 Å². The first-order valence-electron chi connectivity index (χ1n) is 8.48. The molecule has 0 aliphatic rings. The molecule has 3 aromatic rings. The molecule has 130 valence electrons. The highest BCUT2D eigenvalue weighted by Crippen LogP contribution is 2.26. The monoisotopic (exact) mass is 359 g/mol. The predicted octanol–water partition coefficient (Wildman–Crippen LogP) is 6.80. The molecule has 3 aromatic carbocycles. The second-order valence-corrected chi connectivity index (χ2v) is 6.96. The van der Waals surface area contributed by atoms with Gasteiger partial charge in [0, 0.05) is 10.5 Å². The van der Waals surface area contributed by atoms with E-state index in [0.717, 1.165) is 26.9 Å². The van der Waals surface area contributed by atoms with E-state index in [2.05, 4.69) is 19.1 Å². The van der Waals surface area contributed by atoms with Gasteiger partial charge in [-0.2, -0.15) is 0 Å². The van der Waals surface area contributed by atoms with Gasteiger partial charge in [-0.25, -0.2) is 4.99 Å². The summed E-state index contributed by atoms with van der Waals surface area (Å²) in [4.78, 5) is 5.96. The fourth-order valence-electron chi connectivity index (χ4n) is 2.24.